The summed E-state index contributed by atoms with van der Waals surface area (Å²) in [6.07, 6.45) is 4.79. The van der Waals surface area contributed by atoms with Gasteiger partial charge in [-0.3, -0.25) is 15.1 Å². The highest BCUT2D eigenvalue weighted by Crippen LogP contribution is 2.40. The number of allylic oxidation sites excluding steroid dienone is 1. The topological polar surface area (TPSA) is 121 Å². The molecule has 0 radical (unpaired) electrons. The van der Waals surface area contributed by atoms with E-state index in [1.54, 1.807) is 26.4 Å². The van der Waals surface area contributed by atoms with E-state index in [1.807, 2.05) is 53.6 Å². The highest BCUT2D eigenvalue weighted by molar-refractivity contribution is 6.01. The van der Waals surface area contributed by atoms with Crippen molar-refractivity contribution >= 4 is 23.2 Å². The third-order valence-corrected chi connectivity index (χ3v) is 7.14. The molecule has 218 valence electrons. The molecule has 0 aliphatic carbocycles. The summed E-state index contributed by atoms with van der Waals surface area (Å²) in [4.78, 5) is 10.8. The quantitative estimate of drug-likeness (QED) is 0.155. The normalized spacial score (nSPS) is 20.8. The van der Waals surface area contributed by atoms with E-state index < -0.39 is 4.92 Å². The van der Waals surface area contributed by atoms with Gasteiger partial charge in [0.15, 0.2) is 23.0 Å². The van der Waals surface area contributed by atoms with Crippen molar-refractivity contribution in [2.75, 3.05) is 45.7 Å². The van der Waals surface area contributed by atoms with Crippen LogP contribution in [0.25, 0.3) is 6.08 Å². The maximum Gasteiger partial charge on any atom is 0.269 e. The van der Waals surface area contributed by atoms with Gasteiger partial charge in [0, 0.05) is 18.6 Å². The lowest BCUT2D eigenvalue weighted by atomic mass is 10.00. The molecule has 3 aromatic carbocycles. The van der Waals surface area contributed by atoms with Crippen molar-refractivity contribution in [1.82, 2.24) is 0 Å². The van der Waals surface area contributed by atoms with Gasteiger partial charge in [-0.2, -0.15) is 5.10 Å². The minimum absolute atomic E-state index is 0.0202. The van der Waals surface area contributed by atoms with Crippen LogP contribution in [-0.2, 0) is 9.47 Å². The zero-order valence-electron chi connectivity index (χ0n) is 23.3. The smallest absolute Gasteiger partial charge is 0.269 e. The first kappa shape index (κ1) is 27.6. The number of nitro groups is 1. The van der Waals surface area contributed by atoms with E-state index in [2.05, 4.69) is 0 Å². The first-order valence-electron chi connectivity index (χ1n) is 13.6. The summed E-state index contributed by atoms with van der Waals surface area (Å²) in [5.41, 5.74) is 3.49. The number of methoxy groups -OCH3 is 2. The van der Waals surface area contributed by atoms with Gasteiger partial charge in [-0.05, 0) is 53.6 Å². The molecule has 42 heavy (non-hydrogen) atoms. The van der Waals surface area contributed by atoms with Crippen LogP contribution in [0.4, 0.5) is 11.4 Å². The number of epoxide rings is 2. The Morgan fingerprint density at radius 2 is 1.50 bits per heavy atom. The number of nitrogens with zero attached hydrogens (tertiary/aromatic N) is 3. The van der Waals surface area contributed by atoms with Crippen molar-refractivity contribution in [2.45, 2.75) is 24.7 Å². The zero-order chi connectivity index (χ0) is 29.1. The molecule has 3 aliphatic heterocycles. The Hall–Kier alpha value is -4.61. The number of hydrogen-bond acceptors (Lipinski definition) is 10. The molecule has 3 heterocycles. The molecular formula is C31H31N3O8. The van der Waals surface area contributed by atoms with Gasteiger partial charge < -0.3 is 28.4 Å². The van der Waals surface area contributed by atoms with Crippen LogP contribution in [0.2, 0.25) is 0 Å². The Morgan fingerprint density at radius 1 is 0.881 bits per heavy atom. The van der Waals surface area contributed by atoms with Gasteiger partial charge >= 0.3 is 0 Å². The van der Waals surface area contributed by atoms with Gasteiger partial charge in [0.2, 0.25) is 0 Å². The Kier molecular flexibility index (Phi) is 7.93. The number of nitro benzene ring substituents is 1. The van der Waals surface area contributed by atoms with Crippen molar-refractivity contribution in [3.8, 4) is 23.0 Å². The number of rotatable bonds is 13. The Bertz CT molecular complexity index is 1500. The van der Waals surface area contributed by atoms with Gasteiger partial charge in [0.05, 0.1) is 49.8 Å². The van der Waals surface area contributed by atoms with Crippen LogP contribution in [0, 0.1) is 10.1 Å². The van der Waals surface area contributed by atoms with Crippen molar-refractivity contribution in [1.29, 1.82) is 0 Å². The average Bonchev–Trinajstić information content (AvgIpc) is 3.96. The van der Waals surface area contributed by atoms with E-state index in [1.165, 1.54) is 12.1 Å². The molecule has 3 aliphatic rings. The molecule has 2 fully saturated rings. The highest BCUT2D eigenvalue weighted by Gasteiger charge is 2.30. The molecule has 0 saturated carbocycles. The minimum atomic E-state index is -0.413. The summed E-state index contributed by atoms with van der Waals surface area (Å²) >= 11 is 0. The fraction of sp³-hybridized carbons (Fsp3) is 0.323. The largest absolute Gasteiger partial charge is 0.493 e. The summed E-state index contributed by atoms with van der Waals surface area (Å²) in [6.45, 7) is 2.33. The number of ether oxygens (including phenoxy) is 6. The summed E-state index contributed by atoms with van der Waals surface area (Å²) in [6, 6.07) is 17.8. The molecule has 11 heteroatoms. The van der Waals surface area contributed by atoms with E-state index >= 15 is 0 Å². The number of hydrogen-bond donors (Lipinski definition) is 0. The van der Waals surface area contributed by atoms with Gasteiger partial charge in [-0.1, -0.05) is 18.2 Å². The maximum atomic E-state index is 11.2. The predicted octanol–water partition coefficient (Wildman–Crippen LogP) is 5.19. The van der Waals surface area contributed by atoms with Gasteiger partial charge in [0.25, 0.3) is 5.69 Å². The molecule has 3 aromatic rings. The maximum absolute atomic E-state index is 11.2. The molecule has 0 spiro atoms. The van der Waals surface area contributed by atoms with Crippen LogP contribution in [0.1, 0.15) is 23.6 Å². The molecule has 0 N–H and O–H groups in total. The van der Waals surface area contributed by atoms with E-state index in [9.17, 15) is 10.1 Å². The van der Waals surface area contributed by atoms with Crippen LogP contribution >= 0.6 is 0 Å². The first-order chi connectivity index (χ1) is 20.5. The summed E-state index contributed by atoms with van der Waals surface area (Å²) < 4.78 is 33.4. The van der Waals surface area contributed by atoms with Crippen molar-refractivity contribution < 1.29 is 33.3 Å². The highest BCUT2D eigenvalue weighted by atomic mass is 16.6. The number of benzene rings is 3. The van der Waals surface area contributed by atoms with Crippen LogP contribution in [0.15, 0.2) is 71.8 Å². The zero-order valence-corrected chi connectivity index (χ0v) is 23.3. The molecule has 11 nitrogen and oxygen atoms in total. The molecule has 0 bridgehead atoms. The predicted molar refractivity (Wildman–Crippen MR) is 156 cm³/mol. The van der Waals surface area contributed by atoms with Gasteiger partial charge in [0.1, 0.15) is 25.4 Å². The Balaban J connectivity index is 1.27. The molecule has 0 aromatic heterocycles. The van der Waals surface area contributed by atoms with Crippen LogP contribution in [-0.4, -0.2) is 63.5 Å². The van der Waals surface area contributed by atoms with E-state index in [0.717, 1.165) is 22.5 Å². The monoisotopic (exact) mass is 573 g/mol. The van der Waals surface area contributed by atoms with Crippen LogP contribution in [0.5, 0.6) is 23.0 Å². The third-order valence-electron chi connectivity index (χ3n) is 7.14. The molecule has 6 rings (SSSR count). The number of anilines is 1. The van der Waals surface area contributed by atoms with E-state index in [-0.39, 0.29) is 23.9 Å². The van der Waals surface area contributed by atoms with Crippen molar-refractivity contribution in [2.24, 2.45) is 5.10 Å². The van der Waals surface area contributed by atoms with Crippen molar-refractivity contribution in [3.63, 3.8) is 0 Å². The molecular weight excluding hydrogens is 542 g/mol. The summed E-state index contributed by atoms with van der Waals surface area (Å²) in [5.74, 6) is 2.56. The fourth-order valence-corrected chi connectivity index (χ4v) is 4.67. The second-order valence-corrected chi connectivity index (χ2v) is 10.1. The lowest BCUT2D eigenvalue weighted by Crippen LogP contribution is -2.18. The average molecular weight is 574 g/mol. The SMILES string of the molecule is COc1ccc(C=CC2=NN(c3ccc([N+](=O)[O-])cc3)C(c3ccc(OC)c(OCC4CO4)c3)C2)cc1OCC1CO1. The summed E-state index contributed by atoms with van der Waals surface area (Å²) in [5, 5.41) is 18.0. The standard InChI is InChI=1S/C31H31N3O8/c1-37-28-11-4-20(13-30(28)41-18-25-16-39-25)3-6-22-15-27(33(32-22)23-7-9-24(10-8-23)34(35)36)21-5-12-29(38-2)31(14-21)42-19-26-17-40-26/h3-14,25-27H,15-19H2,1-2H3. The van der Waals surface area contributed by atoms with Crippen molar-refractivity contribution in [3.05, 3.63) is 88.0 Å². The molecule has 3 atom stereocenters. The lowest BCUT2D eigenvalue weighted by molar-refractivity contribution is -0.384. The summed E-state index contributed by atoms with van der Waals surface area (Å²) in [7, 11) is 3.22. The number of hydrazone groups is 1. The third kappa shape index (κ3) is 6.48. The molecule has 3 unspecified atom stereocenters. The first-order valence-corrected chi connectivity index (χ1v) is 13.6. The Labute approximate surface area is 243 Å². The Morgan fingerprint density at radius 3 is 2.10 bits per heavy atom. The van der Waals surface area contributed by atoms with E-state index in [4.69, 9.17) is 33.5 Å². The fourth-order valence-electron chi connectivity index (χ4n) is 4.67. The van der Waals surface area contributed by atoms with Crippen LogP contribution in [0.3, 0.4) is 0 Å². The van der Waals surface area contributed by atoms with E-state index in [0.29, 0.717) is 55.8 Å². The molecule has 0 amide bonds. The second-order valence-electron chi connectivity index (χ2n) is 10.1. The lowest BCUT2D eigenvalue weighted by Gasteiger charge is -2.24. The number of non-ortho nitro benzene ring substituents is 1. The minimum Gasteiger partial charge on any atom is -0.493 e. The second kappa shape index (κ2) is 12.1. The van der Waals surface area contributed by atoms with Gasteiger partial charge in [-0.25, -0.2) is 0 Å². The molecule has 2 saturated heterocycles. The van der Waals surface area contributed by atoms with Gasteiger partial charge in [-0.15, -0.1) is 0 Å². The van der Waals surface area contributed by atoms with Crippen LogP contribution < -0.4 is 24.0 Å².